The zero-order valence-corrected chi connectivity index (χ0v) is 35.2. The molecule has 0 fully saturated rings. The molecule has 0 saturated carbocycles. The van der Waals surface area contributed by atoms with Crippen molar-refractivity contribution in [1.29, 1.82) is 0 Å². The van der Waals surface area contributed by atoms with Gasteiger partial charge in [0.25, 0.3) is 0 Å². The topological polar surface area (TPSA) is 126 Å². The smallest absolute Gasteiger partial charge is 0.338 e. The van der Waals surface area contributed by atoms with Gasteiger partial charge in [-0.25, -0.2) is 9.59 Å². The fourth-order valence-corrected chi connectivity index (χ4v) is 5.77. The summed E-state index contributed by atoms with van der Waals surface area (Å²) >= 11 is 0. The number of unbranched alkanes of at least 4 members (excludes halogenated alkanes) is 2. The summed E-state index contributed by atoms with van der Waals surface area (Å²) in [6.07, 6.45) is 2.09. The highest BCUT2D eigenvalue weighted by Gasteiger charge is 2.19. The lowest BCUT2D eigenvalue weighted by Gasteiger charge is -2.19. The Bertz CT molecular complexity index is 1780. The van der Waals surface area contributed by atoms with Gasteiger partial charge >= 0.3 is 11.9 Å². The van der Waals surface area contributed by atoms with E-state index in [1.807, 2.05) is 97.1 Å². The molecule has 0 heterocycles. The summed E-state index contributed by atoms with van der Waals surface area (Å²) in [5.74, 6) is 1.96. The molecule has 0 aromatic heterocycles. The SMILES string of the molecule is O=C(OC(COCCCCOCCOc1cccc(OCCOCCCCOCC(COc2ccccc2)OC(=O)c2ccccc2)c1)COc1ccccc1)c1ccccc1. The normalized spacial score (nSPS) is 11.9. The van der Waals surface area contributed by atoms with Gasteiger partial charge in [-0.3, -0.25) is 0 Å². The number of carbonyl (C=O) groups excluding carboxylic acids is 2. The molecule has 0 amide bonds. The monoisotopic (exact) mass is 850 g/mol. The molecule has 12 nitrogen and oxygen atoms in total. The number of benzene rings is 5. The van der Waals surface area contributed by atoms with Gasteiger partial charge in [-0.15, -0.1) is 0 Å². The maximum absolute atomic E-state index is 12.6. The number of rotatable bonds is 32. The van der Waals surface area contributed by atoms with Crippen molar-refractivity contribution in [2.24, 2.45) is 0 Å². The van der Waals surface area contributed by atoms with Crippen LogP contribution >= 0.6 is 0 Å². The number of hydrogen-bond donors (Lipinski definition) is 0. The van der Waals surface area contributed by atoms with Gasteiger partial charge in [0.05, 0.1) is 37.6 Å². The Morgan fingerprint density at radius 2 is 0.694 bits per heavy atom. The van der Waals surface area contributed by atoms with Crippen molar-refractivity contribution in [3.05, 3.63) is 157 Å². The van der Waals surface area contributed by atoms with Crippen molar-refractivity contribution in [3.63, 3.8) is 0 Å². The van der Waals surface area contributed by atoms with Crippen LogP contribution in [0.15, 0.2) is 146 Å². The molecule has 0 aliphatic rings. The van der Waals surface area contributed by atoms with Crippen molar-refractivity contribution in [3.8, 4) is 23.0 Å². The predicted octanol–water partition coefficient (Wildman–Crippen LogP) is 8.68. The molecule has 330 valence electrons. The summed E-state index contributed by atoms with van der Waals surface area (Å²) in [6, 6.07) is 44.0. The molecule has 0 aliphatic heterocycles. The molecule has 0 bridgehead atoms. The number of hydrogen-bond acceptors (Lipinski definition) is 12. The van der Waals surface area contributed by atoms with Crippen LogP contribution in [0.5, 0.6) is 23.0 Å². The fraction of sp³-hybridized carbons (Fsp3) is 0.360. The van der Waals surface area contributed by atoms with E-state index < -0.39 is 24.1 Å². The third-order valence-electron chi connectivity index (χ3n) is 8.99. The Kier molecular flexibility index (Phi) is 22.3. The van der Waals surface area contributed by atoms with E-state index in [0.717, 1.165) is 25.7 Å². The maximum atomic E-state index is 12.6. The van der Waals surface area contributed by atoms with Crippen LogP contribution in [-0.4, -0.2) is 103 Å². The van der Waals surface area contributed by atoms with Gasteiger partial charge in [0.2, 0.25) is 0 Å². The average Bonchev–Trinajstić information content (AvgIpc) is 3.32. The largest absolute Gasteiger partial charge is 0.491 e. The molecule has 0 N–H and O–H groups in total. The molecule has 5 aromatic carbocycles. The first-order valence-corrected chi connectivity index (χ1v) is 21.2. The van der Waals surface area contributed by atoms with Crippen molar-refractivity contribution in [2.45, 2.75) is 37.9 Å². The van der Waals surface area contributed by atoms with Crippen LogP contribution < -0.4 is 18.9 Å². The van der Waals surface area contributed by atoms with E-state index >= 15 is 0 Å². The Balaban J connectivity index is 0.854. The molecule has 2 atom stereocenters. The third kappa shape index (κ3) is 19.6. The average molecular weight is 851 g/mol. The summed E-state index contributed by atoms with van der Waals surface area (Å²) in [4.78, 5) is 25.3. The van der Waals surface area contributed by atoms with Gasteiger partial charge in [0, 0.05) is 32.5 Å². The van der Waals surface area contributed by atoms with Gasteiger partial charge in [-0.05, 0) is 86.3 Å². The number of esters is 2. The Morgan fingerprint density at radius 1 is 0.339 bits per heavy atom. The van der Waals surface area contributed by atoms with Crippen LogP contribution in [0.4, 0.5) is 0 Å². The Hall–Kier alpha value is -5.92. The van der Waals surface area contributed by atoms with Crippen molar-refractivity contribution in [1.82, 2.24) is 0 Å². The number of ether oxygens (including phenoxy) is 10. The van der Waals surface area contributed by atoms with E-state index in [1.165, 1.54) is 0 Å². The standard InChI is InChI=1S/C50H58O12/c51-49(41-18-5-1-6-19-41)61-47(39-59-43-22-9-3-10-23-43)37-55-30-15-13-28-53-32-34-57-45-26-17-27-46(36-45)58-35-33-54-29-14-16-31-56-38-48(40-60-44-24-11-4-12-25-44)62-50(52)42-20-7-2-8-21-42/h1-12,17-27,36,47-48H,13-16,28-35,37-40H2. The third-order valence-corrected chi connectivity index (χ3v) is 8.99. The van der Waals surface area contributed by atoms with E-state index in [1.54, 1.807) is 48.5 Å². The number of para-hydroxylation sites is 2. The zero-order valence-electron chi connectivity index (χ0n) is 35.2. The van der Waals surface area contributed by atoms with Crippen LogP contribution in [0.25, 0.3) is 0 Å². The van der Waals surface area contributed by atoms with E-state index in [4.69, 9.17) is 47.4 Å². The number of carbonyl (C=O) groups is 2. The summed E-state index contributed by atoms with van der Waals surface area (Å²) in [5.41, 5.74) is 0.959. The molecule has 2 unspecified atom stereocenters. The molecule has 5 aromatic rings. The molecule has 0 spiro atoms. The van der Waals surface area contributed by atoms with E-state index in [-0.39, 0.29) is 26.4 Å². The second-order valence-corrected chi connectivity index (χ2v) is 14.0. The maximum Gasteiger partial charge on any atom is 0.338 e. The van der Waals surface area contributed by atoms with Crippen LogP contribution in [0.3, 0.4) is 0 Å². The summed E-state index contributed by atoms with van der Waals surface area (Å²) in [5, 5.41) is 0. The van der Waals surface area contributed by atoms with Crippen molar-refractivity contribution in [2.75, 3.05) is 79.3 Å². The van der Waals surface area contributed by atoms with Crippen molar-refractivity contribution >= 4 is 11.9 Å². The Morgan fingerprint density at radius 3 is 1.10 bits per heavy atom. The Labute approximate surface area is 364 Å². The van der Waals surface area contributed by atoms with Crippen molar-refractivity contribution < 1.29 is 57.0 Å². The highest BCUT2D eigenvalue weighted by molar-refractivity contribution is 5.89. The minimum atomic E-state index is -0.559. The summed E-state index contributed by atoms with van der Waals surface area (Å²) in [6.45, 7) is 4.67. The molecule has 0 aliphatic carbocycles. The quantitative estimate of drug-likeness (QED) is 0.0304. The molecule has 12 heteroatoms. The second kappa shape index (κ2) is 29.4. The molecule has 0 saturated heterocycles. The minimum Gasteiger partial charge on any atom is -0.491 e. The lowest BCUT2D eigenvalue weighted by molar-refractivity contribution is -0.0213. The predicted molar refractivity (Wildman–Crippen MR) is 234 cm³/mol. The van der Waals surface area contributed by atoms with Crippen LogP contribution in [0.2, 0.25) is 0 Å². The van der Waals surface area contributed by atoms with Gasteiger partial charge in [-0.1, -0.05) is 78.9 Å². The molecule has 5 rings (SSSR count). The highest BCUT2D eigenvalue weighted by Crippen LogP contribution is 2.19. The van der Waals surface area contributed by atoms with Gasteiger partial charge in [0.15, 0.2) is 12.2 Å². The van der Waals surface area contributed by atoms with Crippen LogP contribution in [-0.2, 0) is 28.4 Å². The molecule has 0 radical (unpaired) electrons. The second-order valence-electron chi connectivity index (χ2n) is 14.0. The van der Waals surface area contributed by atoms with E-state index in [2.05, 4.69) is 0 Å². The lowest BCUT2D eigenvalue weighted by atomic mass is 10.2. The summed E-state index contributed by atoms with van der Waals surface area (Å²) in [7, 11) is 0. The van der Waals surface area contributed by atoms with E-state index in [9.17, 15) is 9.59 Å². The molecule has 62 heavy (non-hydrogen) atoms. The van der Waals surface area contributed by atoms with Gasteiger partial charge < -0.3 is 47.4 Å². The van der Waals surface area contributed by atoms with Gasteiger partial charge in [-0.2, -0.15) is 0 Å². The first-order chi connectivity index (χ1) is 30.6. The van der Waals surface area contributed by atoms with E-state index in [0.29, 0.717) is 87.0 Å². The first-order valence-electron chi connectivity index (χ1n) is 21.2. The first kappa shape index (κ1) is 47.1. The fourth-order valence-electron chi connectivity index (χ4n) is 5.77. The molecular formula is C50H58O12. The minimum absolute atomic E-state index is 0.183. The highest BCUT2D eigenvalue weighted by atomic mass is 16.6. The summed E-state index contributed by atoms with van der Waals surface area (Å²) < 4.78 is 58.0. The molecular weight excluding hydrogens is 793 g/mol. The lowest BCUT2D eigenvalue weighted by Crippen LogP contribution is -2.30. The van der Waals surface area contributed by atoms with Gasteiger partial charge in [0.1, 0.15) is 49.4 Å². The zero-order chi connectivity index (χ0) is 43.1. The van der Waals surface area contributed by atoms with Crippen LogP contribution in [0, 0.1) is 0 Å². The van der Waals surface area contributed by atoms with Crippen LogP contribution in [0.1, 0.15) is 46.4 Å².